The third-order valence-corrected chi connectivity index (χ3v) is 20.5. The van der Waals surface area contributed by atoms with Gasteiger partial charge in [-0.3, -0.25) is 92.7 Å². The largest absolute Gasteiger partial charge is 0.481 e. The Morgan fingerprint density at radius 2 is 0.902 bits per heavy atom. The number of nitrogens with two attached hydrogens (primary N) is 2. The van der Waals surface area contributed by atoms with Crippen molar-refractivity contribution in [1.82, 2.24) is 84.7 Å². The van der Waals surface area contributed by atoms with E-state index in [1.165, 1.54) is 30.3 Å². The predicted molar refractivity (Wildman–Crippen MR) is 445 cm³/mol. The van der Waals surface area contributed by atoms with Crippen LogP contribution in [0.2, 0.25) is 0 Å². The van der Waals surface area contributed by atoms with E-state index in [0.717, 1.165) is 40.0 Å². The highest BCUT2D eigenvalue weighted by molar-refractivity contribution is 7.86. The fourth-order valence-corrected chi connectivity index (χ4v) is 13.9. The maximum Gasteiger partial charge on any atom is 0.305 e. The van der Waals surface area contributed by atoms with Gasteiger partial charge in [-0.15, -0.1) is 0 Å². The van der Waals surface area contributed by atoms with Crippen molar-refractivity contribution in [2.24, 2.45) is 16.6 Å². The van der Waals surface area contributed by atoms with Crippen molar-refractivity contribution in [3.63, 3.8) is 0 Å². The smallest absolute Gasteiger partial charge is 0.305 e. The number of benzene rings is 5. The molecule has 0 bridgehead atoms. The van der Waals surface area contributed by atoms with Crippen LogP contribution in [0.3, 0.4) is 0 Å². The van der Waals surface area contributed by atoms with Crippen LogP contribution in [-0.2, 0) is 90.1 Å². The zero-order chi connectivity index (χ0) is 89.1. The van der Waals surface area contributed by atoms with Gasteiger partial charge in [-0.2, -0.15) is 13.5 Å². The topological polar surface area (TPSA) is 668 Å². The Balaban J connectivity index is 0.988. The highest BCUT2D eigenvalue weighted by Gasteiger charge is 2.37. The van der Waals surface area contributed by atoms with Gasteiger partial charge in [0, 0.05) is 57.2 Å². The molecule has 2 aliphatic heterocycles. The average molecular weight is 1720 g/mol. The van der Waals surface area contributed by atoms with Gasteiger partial charge in [0.05, 0.1) is 37.7 Å². The fraction of sp³-hybridized carbons (Fsp3) is 0.388. The number of carbonyl (C=O) groups is 15. The Hall–Kier alpha value is -14.3. The summed E-state index contributed by atoms with van der Waals surface area (Å²) < 4.78 is 33.6. The van der Waals surface area contributed by atoms with Gasteiger partial charge in [0.15, 0.2) is 11.9 Å². The second-order valence-corrected chi connectivity index (χ2v) is 30.4. The van der Waals surface area contributed by atoms with Crippen LogP contribution in [0.1, 0.15) is 117 Å². The number of guanidine groups is 2. The molecular weight excluding hydrogens is 1620 g/mol. The van der Waals surface area contributed by atoms with E-state index in [2.05, 4.69) is 95.3 Å². The number of unbranched alkanes of at least 4 members (excludes halogenated alkanes) is 2. The molecule has 8 rings (SSSR count). The van der Waals surface area contributed by atoms with Crippen LogP contribution in [0.15, 0.2) is 138 Å². The highest BCUT2D eigenvalue weighted by atomic mass is 32.2. The summed E-state index contributed by atoms with van der Waals surface area (Å²) >= 11 is 0. The van der Waals surface area contributed by atoms with Crippen LogP contribution < -0.4 is 96.6 Å². The minimum Gasteiger partial charge on any atom is -0.481 e. The number of nitrogens with zero attached hydrogens (tertiary/aromatic N) is 2. The first kappa shape index (κ1) is 94.2. The number of anilines is 1. The minimum atomic E-state index is -4.63. The molecule has 0 aliphatic carbocycles. The van der Waals surface area contributed by atoms with Crippen molar-refractivity contribution < 1.29 is 95.1 Å². The molecule has 6 aromatic rings. The zero-order valence-corrected chi connectivity index (χ0v) is 67.5. The lowest BCUT2D eigenvalue weighted by Gasteiger charge is -2.26. The highest BCUT2D eigenvalue weighted by Crippen LogP contribution is 2.21. The van der Waals surface area contributed by atoms with Crippen molar-refractivity contribution in [3.05, 3.63) is 150 Å². The minimum absolute atomic E-state index is 0.0224. The van der Waals surface area contributed by atoms with Crippen LogP contribution in [-0.4, -0.2) is 229 Å². The van der Waals surface area contributed by atoms with Gasteiger partial charge in [-0.1, -0.05) is 103 Å². The number of carboxylic acid groups (broad SMARTS) is 2. The summed E-state index contributed by atoms with van der Waals surface area (Å²) in [6, 6.07) is 19.4. The average Bonchev–Trinajstić information content (AvgIpc) is 0.938. The number of amides is 13. The van der Waals surface area contributed by atoms with E-state index in [-0.39, 0.29) is 139 Å². The first-order chi connectivity index (χ1) is 58.7. The van der Waals surface area contributed by atoms with Gasteiger partial charge in [-0.25, -0.2) is 4.98 Å². The predicted octanol–water partition coefficient (Wildman–Crippen LogP) is -2.37. The second kappa shape index (κ2) is 46.9. The third kappa shape index (κ3) is 31.4. The maximum atomic E-state index is 14.7. The summed E-state index contributed by atoms with van der Waals surface area (Å²) in [5.41, 5.74) is 14.5. The zero-order valence-electron chi connectivity index (χ0n) is 66.7. The molecule has 2 saturated heterocycles. The molecule has 1 unspecified atom stereocenters. The van der Waals surface area contributed by atoms with E-state index >= 15 is 0 Å². The first-order valence-electron chi connectivity index (χ1n) is 39.4. The molecule has 656 valence electrons. The number of aromatic nitrogens is 1. The van der Waals surface area contributed by atoms with Gasteiger partial charge < -0.3 is 101 Å². The lowest BCUT2D eigenvalue weighted by molar-refractivity contribution is -0.141. The molecule has 2 aliphatic rings. The van der Waals surface area contributed by atoms with Crippen molar-refractivity contribution >= 4 is 144 Å². The van der Waals surface area contributed by atoms with Crippen LogP contribution in [0.4, 0.5) is 5.82 Å². The molecule has 2 fully saturated rings. The van der Waals surface area contributed by atoms with E-state index in [4.69, 9.17) is 22.3 Å². The Morgan fingerprint density at radius 3 is 1.36 bits per heavy atom. The number of hydrogen-bond donors (Lipinski definition) is 23. The van der Waals surface area contributed by atoms with Gasteiger partial charge in [0.25, 0.3) is 16.0 Å². The maximum absolute atomic E-state index is 14.7. The molecule has 1 aromatic heterocycles. The summed E-state index contributed by atoms with van der Waals surface area (Å²) in [5, 5.41) is 80.4. The lowest BCUT2D eigenvalue weighted by Crippen LogP contribution is -2.58. The summed E-state index contributed by atoms with van der Waals surface area (Å²) in [6.45, 7) is -1.66. The molecule has 13 amide bonds. The van der Waals surface area contributed by atoms with E-state index in [9.17, 15) is 95.1 Å². The number of carboxylic acids is 2. The van der Waals surface area contributed by atoms with Gasteiger partial charge >= 0.3 is 11.9 Å². The van der Waals surface area contributed by atoms with E-state index in [1.807, 2.05) is 36.4 Å². The SMILES string of the molecule is N=C(N)NCCC[C@@H]1NC(=O)[C@H](CCCCNC(=O)CCC(NC(=O)c2ccc(N/N=C/c3ccccc3S(=O)(=O)O)nc2)C(=O)NCCCC[C@@H]2NC(=O)[C@@H](Cc3ccc4ccccc4c3)NC(=O)[C@H](CC(=O)O)NC(=O)CNC(=O)[C@H](CCCNC(=N)N)NC2=O)NC(=O)[C@@H](Cc2ccc3ccccc3c2)NC(=O)[C@H](CC(=O)O)NC(=O)CNC1=O. The molecule has 9 atom stereocenters. The Morgan fingerprint density at radius 1 is 0.488 bits per heavy atom. The van der Waals surface area contributed by atoms with Gasteiger partial charge in [0.1, 0.15) is 65.1 Å². The monoisotopic (exact) mass is 1720 g/mol. The number of rotatable bonds is 36. The number of aliphatic carboxylic acids is 2. The third-order valence-electron chi connectivity index (χ3n) is 19.5. The number of pyridine rings is 1. The molecule has 0 radical (unpaired) electrons. The van der Waals surface area contributed by atoms with Crippen molar-refractivity contribution in [2.45, 2.75) is 162 Å². The van der Waals surface area contributed by atoms with Crippen molar-refractivity contribution in [3.8, 4) is 0 Å². The molecule has 123 heavy (non-hydrogen) atoms. The Kier molecular flexibility index (Phi) is 35.9. The fourth-order valence-electron chi connectivity index (χ4n) is 13.2. The van der Waals surface area contributed by atoms with Gasteiger partial charge in [-0.05, 0) is 121 Å². The molecule has 43 heteroatoms. The standard InChI is InChI=1S/C80H100N22O20S/c81-79(82)87-33-11-20-53-71(112)90-43-65(104)93-60(39-67(106)107)77(118)100-58(37-45-23-25-47-13-1-3-15-49(47)35-45)75(116)98-55(73(114)96-53)18-7-9-31-85-64(103)30-28-57(95-69(110)52-27-29-63(89-41-52)102-92-42-51-17-5-6-22-62(51)123(120,121)122)70(111)86-32-10-8-19-56-74(115)97-54(21-12-34-88-80(83)84)72(113)91-44-66(105)94-61(40-68(108)109)78(119)101-59(76(117)99-56)38-46-24-26-48-14-2-4-16-50(48)36-46/h1-6,13-17,22-27,29,35-36,41-42,53-61H,7-12,18-21,28,30-34,37-40,43-44H2,(H,85,103)(H,86,111)(H,89,102)(H,90,112)(H,91,113)(H,93,104)(H,94,105)(H,95,110)(H,96,114)(H,97,115)(H,98,116)(H,99,117)(H,100,118)(H,101,119)(H,106,107)(H,108,109)(H4,81,82,87)(H4,83,84,88)(H,120,121,122)/b92-42+/t53-,54-,55-,56-,57?,58+,59+,60-,61-/m0/s1. The number of carbonyl (C=O) groups excluding carboxylic acids is 13. The molecule has 0 saturated carbocycles. The number of hydrazone groups is 1. The van der Waals surface area contributed by atoms with Crippen molar-refractivity contribution in [2.75, 3.05) is 44.7 Å². The van der Waals surface area contributed by atoms with Crippen molar-refractivity contribution in [1.29, 1.82) is 10.8 Å². The Labute approximate surface area is 704 Å². The quantitative estimate of drug-likeness (QED) is 0.00643. The lowest BCUT2D eigenvalue weighted by atomic mass is 10.00. The summed E-state index contributed by atoms with van der Waals surface area (Å²) in [4.78, 5) is 211. The number of fused-ring (bicyclic) bond motifs is 2. The summed E-state index contributed by atoms with van der Waals surface area (Å²) in [7, 11) is -4.63. The van der Waals surface area contributed by atoms with Crippen LogP contribution in [0.5, 0.6) is 0 Å². The Bertz CT molecular complexity index is 5040. The molecule has 25 N–H and O–H groups in total. The second-order valence-electron chi connectivity index (χ2n) is 29.0. The molecule has 0 spiro atoms. The first-order valence-corrected chi connectivity index (χ1v) is 40.9. The molecule has 5 aromatic carbocycles. The number of nitrogens with one attached hydrogen (secondary N) is 18. The van der Waals surface area contributed by atoms with E-state index in [0.29, 0.717) is 11.1 Å². The molecule has 3 heterocycles. The van der Waals surface area contributed by atoms with Gasteiger partial charge in [0.2, 0.25) is 70.9 Å². The van der Waals surface area contributed by atoms with Crippen LogP contribution >= 0.6 is 0 Å². The molecule has 42 nitrogen and oxygen atoms in total. The summed E-state index contributed by atoms with van der Waals surface area (Å²) in [5.74, 6) is -15.5. The van der Waals surface area contributed by atoms with Crippen LogP contribution in [0, 0.1) is 10.8 Å². The van der Waals surface area contributed by atoms with E-state index < -0.39 is 190 Å². The molecular formula is C80H100N22O20S. The number of hydrogen-bond acceptors (Lipinski definition) is 22. The summed E-state index contributed by atoms with van der Waals surface area (Å²) in [6.07, 6.45) is -0.882. The normalized spacial score (nSPS) is 19.4. The van der Waals surface area contributed by atoms with Crippen LogP contribution in [0.25, 0.3) is 21.5 Å². The van der Waals surface area contributed by atoms with E-state index in [1.54, 1.807) is 48.5 Å².